The number of rotatable bonds is 3. The number of carbonyl (C=O) groups is 1. The third-order valence-corrected chi connectivity index (χ3v) is 7.97. The largest absolute Gasteiger partial charge is 0.420 e. The molecule has 7 nitrogen and oxygen atoms in total. The number of alkyl halides is 3. The molecule has 12 heteroatoms. The number of hydrogen-bond donors (Lipinski definition) is 3. The summed E-state index contributed by atoms with van der Waals surface area (Å²) >= 11 is 0.938. The molecule has 2 aromatic rings. The maximum Gasteiger partial charge on any atom is 0.420 e. The molecule has 0 saturated carbocycles. The molecular formula is C19H23F3N4O3S2. The van der Waals surface area contributed by atoms with Gasteiger partial charge in [-0.3, -0.25) is 4.98 Å². The average molecular weight is 477 g/mol. The van der Waals surface area contributed by atoms with E-state index in [1.165, 1.54) is 32.2 Å². The van der Waals surface area contributed by atoms with Crippen LogP contribution in [-0.4, -0.2) is 20.3 Å². The molecule has 2 aromatic heterocycles. The number of fused-ring (bicyclic) bond motifs is 1. The Morgan fingerprint density at radius 3 is 2.61 bits per heavy atom. The molecule has 0 fully saturated rings. The summed E-state index contributed by atoms with van der Waals surface area (Å²) in [5.41, 5.74) is -1.70. The number of aryl methyl sites for hydroxylation is 1. The second-order valence-electron chi connectivity index (χ2n) is 8.05. The quantitative estimate of drug-likeness (QED) is 0.596. The van der Waals surface area contributed by atoms with Crippen LogP contribution in [0.15, 0.2) is 20.0 Å². The number of halogens is 3. The lowest BCUT2D eigenvalue weighted by Gasteiger charge is -2.19. The van der Waals surface area contributed by atoms with Gasteiger partial charge >= 0.3 is 12.2 Å². The molecule has 4 N–H and O–H groups in total. The van der Waals surface area contributed by atoms with Gasteiger partial charge in [-0.05, 0) is 62.1 Å². The minimum absolute atomic E-state index is 0.0283. The lowest BCUT2D eigenvalue weighted by molar-refractivity contribution is -0.137. The van der Waals surface area contributed by atoms with E-state index in [4.69, 9.17) is 5.14 Å². The zero-order valence-electron chi connectivity index (χ0n) is 17.3. The highest BCUT2D eigenvalue weighted by Crippen LogP contribution is 2.44. The Morgan fingerprint density at radius 2 is 2.06 bits per heavy atom. The topological polar surface area (TPSA) is 118 Å². The predicted molar refractivity (Wildman–Crippen MR) is 112 cm³/mol. The molecule has 0 saturated heterocycles. The van der Waals surface area contributed by atoms with E-state index in [1.54, 1.807) is 0 Å². The van der Waals surface area contributed by atoms with Crippen LogP contribution in [0.4, 0.5) is 23.7 Å². The molecule has 0 bridgehead atoms. The summed E-state index contributed by atoms with van der Waals surface area (Å²) in [6.07, 6.45) is -3.83. The fraction of sp³-hybridized carbons (Fsp3) is 0.474. The zero-order chi connectivity index (χ0) is 23.4. The Morgan fingerprint density at radius 1 is 1.42 bits per heavy atom. The minimum atomic E-state index is -4.75. The standard InChI is InChI=1S/C19H23F3N4O3S2/c1-9-5-6-12-15(9)24-10(2)14(19(20,21)22)16(12)25-17(27)26-31(23,29)13-7-11(8-30-13)18(3,4)28/h7-9,28H,5-6H2,1-4H3,(H3,23,24,25,26,27,29). The monoisotopic (exact) mass is 476 g/mol. The number of carbonyl (C=O) groups excluding carboxylic acids is 1. The summed E-state index contributed by atoms with van der Waals surface area (Å²) < 4.78 is 57.5. The van der Waals surface area contributed by atoms with Crippen molar-refractivity contribution in [3.05, 3.63) is 39.5 Å². The van der Waals surface area contributed by atoms with Crippen molar-refractivity contribution in [1.82, 2.24) is 4.98 Å². The smallest absolute Gasteiger partial charge is 0.386 e. The van der Waals surface area contributed by atoms with Crippen molar-refractivity contribution in [3.8, 4) is 0 Å². The number of nitrogens with zero attached hydrogens (tertiary/aromatic N) is 2. The lowest BCUT2D eigenvalue weighted by atomic mass is 10.0. The number of nitrogens with two attached hydrogens (primary N) is 1. The van der Waals surface area contributed by atoms with Gasteiger partial charge in [-0.25, -0.2) is 14.1 Å². The van der Waals surface area contributed by atoms with Gasteiger partial charge in [0, 0.05) is 5.69 Å². The van der Waals surface area contributed by atoms with Crippen LogP contribution in [0.25, 0.3) is 0 Å². The van der Waals surface area contributed by atoms with Crippen LogP contribution in [0, 0.1) is 6.92 Å². The van der Waals surface area contributed by atoms with Crippen LogP contribution in [0.1, 0.15) is 61.2 Å². The summed E-state index contributed by atoms with van der Waals surface area (Å²) in [5, 5.41) is 19.5. The summed E-state index contributed by atoms with van der Waals surface area (Å²) in [6.45, 7) is 6.13. The van der Waals surface area contributed by atoms with Crippen molar-refractivity contribution in [1.29, 1.82) is 0 Å². The zero-order valence-corrected chi connectivity index (χ0v) is 19.0. The van der Waals surface area contributed by atoms with Gasteiger partial charge in [-0.2, -0.15) is 13.2 Å². The van der Waals surface area contributed by atoms with E-state index in [0.717, 1.165) is 11.3 Å². The van der Waals surface area contributed by atoms with Gasteiger partial charge in [0.15, 0.2) is 9.92 Å². The second kappa shape index (κ2) is 7.84. The average Bonchev–Trinajstić information content (AvgIpc) is 3.21. The first-order valence-corrected chi connectivity index (χ1v) is 11.8. The van der Waals surface area contributed by atoms with Gasteiger partial charge in [-0.1, -0.05) is 6.92 Å². The molecule has 2 heterocycles. The predicted octanol–water partition coefficient (Wildman–Crippen LogP) is 4.68. The van der Waals surface area contributed by atoms with E-state index in [0.29, 0.717) is 29.7 Å². The maximum atomic E-state index is 13.7. The first kappa shape index (κ1) is 23.6. The first-order chi connectivity index (χ1) is 14.1. The summed E-state index contributed by atoms with van der Waals surface area (Å²) in [7, 11) is -3.73. The van der Waals surface area contributed by atoms with Crippen molar-refractivity contribution in [2.24, 2.45) is 9.50 Å². The number of thiophene rings is 1. The Balaban J connectivity index is 2.03. The highest BCUT2D eigenvalue weighted by Gasteiger charge is 2.40. The molecule has 2 amide bonds. The molecular weight excluding hydrogens is 453 g/mol. The molecule has 1 aliphatic rings. The second-order valence-corrected chi connectivity index (χ2v) is 11.0. The number of hydrogen-bond acceptors (Lipinski definition) is 5. The van der Waals surface area contributed by atoms with Crippen LogP contribution in [0.2, 0.25) is 0 Å². The van der Waals surface area contributed by atoms with Crippen LogP contribution in [-0.2, 0) is 28.1 Å². The van der Waals surface area contributed by atoms with Crippen molar-refractivity contribution in [2.75, 3.05) is 5.32 Å². The van der Waals surface area contributed by atoms with Crippen LogP contribution in [0.3, 0.4) is 0 Å². The minimum Gasteiger partial charge on any atom is -0.386 e. The Hall–Kier alpha value is -2.02. The maximum absolute atomic E-state index is 13.7. The Labute approximate surface area is 182 Å². The first-order valence-electron chi connectivity index (χ1n) is 9.39. The third kappa shape index (κ3) is 4.76. The van der Waals surface area contributed by atoms with Crippen LogP contribution < -0.4 is 10.5 Å². The molecule has 0 radical (unpaired) electrons. The number of aliphatic hydroxyl groups is 1. The van der Waals surface area contributed by atoms with Gasteiger partial charge in [-0.15, -0.1) is 15.7 Å². The van der Waals surface area contributed by atoms with E-state index in [-0.39, 0.29) is 15.8 Å². The summed E-state index contributed by atoms with van der Waals surface area (Å²) in [6, 6.07) is 0.115. The van der Waals surface area contributed by atoms with Gasteiger partial charge in [0.2, 0.25) is 0 Å². The summed E-state index contributed by atoms with van der Waals surface area (Å²) in [5.74, 6) is -0.0475. The van der Waals surface area contributed by atoms with Gasteiger partial charge in [0.05, 0.1) is 17.0 Å². The number of aromatic nitrogens is 1. The highest BCUT2D eigenvalue weighted by atomic mass is 32.2. The Kier molecular flexibility index (Phi) is 5.98. The number of nitrogens with one attached hydrogen (secondary N) is 1. The van der Waals surface area contributed by atoms with E-state index in [1.807, 2.05) is 6.92 Å². The molecule has 1 aliphatic carbocycles. The third-order valence-electron chi connectivity index (χ3n) is 5.11. The Bertz CT molecular complexity index is 1160. The molecule has 0 spiro atoms. The number of anilines is 1. The van der Waals surface area contributed by atoms with Crippen LogP contribution in [0.5, 0.6) is 0 Å². The highest BCUT2D eigenvalue weighted by molar-refractivity contribution is 7.93. The van der Waals surface area contributed by atoms with Crippen molar-refractivity contribution >= 4 is 33.0 Å². The van der Waals surface area contributed by atoms with Gasteiger partial charge < -0.3 is 10.4 Å². The molecule has 2 unspecified atom stereocenters. The lowest BCUT2D eigenvalue weighted by Crippen LogP contribution is -2.21. The van der Waals surface area contributed by atoms with E-state index >= 15 is 0 Å². The molecule has 170 valence electrons. The van der Waals surface area contributed by atoms with Crippen molar-refractivity contribution < 1.29 is 27.3 Å². The number of amides is 2. The normalized spacial score (nSPS) is 18.4. The number of urea groups is 1. The fourth-order valence-electron chi connectivity index (χ4n) is 3.50. The van der Waals surface area contributed by atoms with Crippen molar-refractivity contribution in [2.45, 2.75) is 62.4 Å². The van der Waals surface area contributed by atoms with Crippen LogP contribution >= 0.6 is 11.3 Å². The van der Waals surface area contributed by atoms with E-state index < -0.39 is 39.0 Å². The molecule has 0 aliphatic heterocycles. The molecule has 2 atom stereocenters. The molecule has 0 aromatic carbocycles. The summed E-state index contributed by atoms with van der Waals surface area (Å²) in [4.78, 5) is 16.6. The molecule has 31 heavy (non-hydrogen) atoms. The molecule has 3 rings (SSSR count). The van der Waals surface area contributed by atoms with Gasteiger partial charge in [0.25, 0.3) is 0 Å². The van der Waals surface area contributed by atoms with E-state index in [9.17, 15) is 27.3 Å². The SMILES string of the molecule is Cc1nc2c(c(NC(=O)N=S(N)(=O)c3cc(C(C)(C)O)cs3)c1C(F)(F)F)CCC2C. The fourth-order valence-corrected chi connectivity index (χ4v) is 5.78. The van der Waals surface area contributed by atoms with Gasteiger partial charge in [0.1, 0.15) is 9.77 Å². The van der Waals surface area contributed by atoms with E-state index in [2.05, 4.69) is 14.7 Å². The number of pyridine rings is 1. The van der Waals surface area contributed by atoms with Crippen molar-refractivity contribution in [3.63, 3.8) is 0 Å².